The molecule has 0 saturated heterocycles. The number of benzene rings is 1. The standard InChI is InChI=1S/C20H22N2O5S/c1-3-22-7-6-13-16(10-22)28-19(18(13)20(24)25-2)21-17(23)9-12-4-5-14-15(8-12)27-11-26-14/h4-5,8H,3,6-7,9-11H2,1-2H3,(H,21,23). The Morgan fingerprint density at radius 3 is 2.89 bits per heavy atom. The maximum atomic E-state index is 12.6. The molecule has 8 heteroatoms. The molecular weight excluding hydrogens is 380 g/mol. The predicted octanol–water partition coefficient (Wildman–Crippen LogP) is 2.82. The first-order valence-corrected chi connectivity index (χ1v) is 10.0. The molecule has 3 heterocycles. The fraction of sp³-hybridized carbons (Fsp3) is 0.400. The predicted molar refractivity (Wildman–Crippen MR) is 105 cm³/mol. The highest BCUT2D eigenvalue weighted by molar-refractivity contribution is 7.17. The molecule has 28 heavy (non-hydrogen) atoms. The second kappa shape index (κ2) is 7.81. The highest BCUT2D eigenvalue weighted by Gasteiger charge is 2.29. The van der Waals surface area contributed by atoms with Crippen molar-refractivity contribution in [2.24, 2.45) is 0 Å². The number of methoxy groups -OCH3 is 1. The summed E-state index contributed by atoms with van der Waals surface area (Å²) in [5.74, 6) is 0.742. The molecule has 1 aromatic carbocycles. The van der Waals surface area contributed by atoms with Gasteiger partial charge in [-0.25, -0.2) is 4.79 Å². The maximum absolute atomic E-state index is 12.6. The Morgan fingerprint density at radius 1 is 1.29 bits per heavy atom. The van der Waals surface area contributed by atoms with Crippen molar-refractivity contribution in [3.63, 3.8) is 0 Å². The Labute approximate surface area is 167 Å². The zero-order valence-electron chi connectivity index (χ0n) is 15.9. The summed E-state index contributed by atoms with van der Waals surface area (Å²) in [5.41, 5.74) is 2.32. The first-order chi connectivity index (χ1) is 13.6. The number of thiophene rings is 1. The summed E-state index contributed by atoms with van der Waals surface area (Å²) < 4.78 is 15.6. The van der Waals surface area contributed by atoms with Gasteiger partial charge in [-0.2, -0.15) is 0 Å². The van der Waals surface area contributed by atoms with Gasteiger partial charge in [0.1, 0.15) is 5.00 Å². The molecule has 4 rings (SSSR count). The molecule has 0 spiro atoms. The third-order valence-electron chi connectivity index (χ3n) is 5.03. The van der Waals surface area contributed by atoms with E-state index < -0.39 is 5.97 Å². The van der Waals surface area contributed by atoms with Crippen LogP contribution in [0.25, 0.3) is 0 Å². The maximum Gasteiger partial charge on any atom is 0.341 e. The minimum absolute atomic E-state index is 0.181. The lowest BCUT2D eigenvalue weighted by molar-refractivity contribution is -0.115. The topological polar surface area (TPSA) is 77.1 Å². The van der Waals surface area contributed by atoms with E-state index in [-0.39, 0.29) is 19.1 Å². The van der Waals surface area contributed by atoms with Gasteiger partial charge < -0.3 is 19.5 Å². The van der Waals surface area contributed by atoms with Gasteiger partial charge in [0.25, 0.3) is 0 Å². The van der Waals surface area contributed by atoms with Gasteiger partial charge in [0, 0.05) is 18.0 Å². The van der Waals surface area contributed by atoms with Crippen LogP contribution in [-0.2, 0) is 28.9 Å². The van der Waals surface area contributed by atoms with Crippen LogP contribution in [0, 0.1) is 0 Å². The zero-order valence-corrected chi connectivity index (χ0v) is 16.7. The Kier molecular flexibility index (Phi) is 5.23. The fourth-order valence-electron chi connectivity index (χ4n) is 3.54. The summed E-state index contributed by atoms with van der Waals surface area (Å²) in [7, 11) is 1.37. The summed E-state index contributed by atoms with van der Waals surface area (Å²) in [4.78, 5) is 28.4. The van der Waals surface area contributed by atoms with E-state index in [9.17, 15) is 9.59 Å². The molecule has 1 N–H and O–H groups in total. The van der Waals surface area contributed by atoms with E-state index in [1.54, 1.807) is 6.07 Å². The van der Waals surface area contributed by atoms with E-state index in [2.05, 4.69) is 17.1 Å². The number of carbonyl (C=O) groups excluding carboxylic acids is 2. The summed E-state index contributed by atoms with van der Waals surface area (Å²) in [5, 5.41) is 3.49. The van der Waals surface area contributed by atoms with Gasteiger partial charge in [-0.1, -0.05) is 13.0 Å². The number of likely N-dealkylation sites (N-methyl/N-ethyl adjacent to an activating group) is 1. The number of nitrogens with one attached hydrogen (secondary N) is 1. The molecule has 0 fully saturated rings. The monoisotopic (exact) mass is 402 g/mol. The van der Waals surface area contributed by atoms with E-state index in [4.69, 9.17) is 14.2 Å². The molecule has 2 aromatic rings. The van der Waals surface area contributed by atoms with Crippen molar-refractivity contribution < 1.29 is 23.8 Å². The average Bonchev–Trinajstić information content (AvgIpc) is 3.30. The highest BCUT2D eigenvalue weighted by atomic mass is 32.1. The second-order valence-corrected chi connectivity index (χ2v) is 7.84. The van der Waals surface area contributed by atoms with Gasteiger partial charge in [-0.05, 0) is 36.2 Å². The number of nitrogens with zero attached hydrogens (tertiary/aromatic N) is 1. The number of fused-ring (bicyclic) bond motifs is 2. The minimum Gasteiger partial charge on any atom is -0.465 e. The van der Waals surface area contributed by atoms with E-state index in [1.165, 1.54) is 18.4 Å². The zero-order chi connectivity index (χ0) is 19.7. The molecular formula is C20H22N2O5S. The van der Waals surface area contributed by atoms with Crippen LogP contribution in [0.5, 0.6) is 11.5 Å². The molecule has 0 atom stereocenters. The average molecular weight is 402 g/mol. The Balaban J connectivity index is 1.54. The number of amides is 1. The lowest BCUT2D eigenvalue weighted by Crippen LogP contribution is -2.30. The summed E-state index contributed by atoms with van der Waals surface area (Å²) in [6.07, 6.45) is 0.961. The van der Waals surface area contributed by atoms with E-state index in [1.807, 2.05) is 12.1 Å². The number of hydrogen-bond acceptors (Lipinski definition) is 7. The van der Waals surface area contributed by atoms with E-state index in [0.29, 0.717) is 22.1 Å². The Bertz CT molecular complexity index is 924. The number of ether oxygens (including phenoxy) is 3. The summed E-state index contributed by atoms with van der Waals surface area (Å²) in [6.45, 7) is 4.96. The minimum atomic E-state index is -0.402. The van der Waals surface area contributed by atoms with Gasteiger partial charge >= 0.3 is 5.97 Å². The van der Waals surface area contributed by atoms with E-state index in [0.717, 1.165) is 42.1 Å². The lowest BCUT2D eigenvalue weighted by atomic mass is 10.0. The van der Waals surface area contributed by atoms with Gasteiger partial charge in [-0.3, -0.25) is 9.69 Å². The van der Waals surface area contributed by atoms with Gasteiger partial charge in [-0.15, -0.1) is 11.3 Å². The van der Waals surface area contributed by atoms with Crippen molar-refractivity contribution in [3.8, 4) is 11.5 Å². The van der Waals surface area contributed by atoms with E-state index >= 15 is 0 Å². The third kappa shape index (κ3) is 3.57. The van der Waals surface area contributed by atoms with Crippen molar-refractivity contribution in [3.05, 3.63) is 39.8 Å². The Hall–Kier alpha value is -2.58. The summed E-state index contributed by atoms with van der Waals surface area (Å²) >= 11 is 1.46. The molecule has 148 valence electrons. The smallest absolute Gasteiger partial charge is 0.341 e. The van der Waals surface area contributed by atoms with Crippen molar-refractivity contribution >= 4 is 28.2 Å². The van der Waals surface area contributed by atoms with Crippen molar-refractivity contribution in [2.75, 3.05) is 32.3 Å². The number of rotatable bonds is 5. The second-order valence-electron chi connectivity index (χ2n) is 6.73. The Morgan fingerprint density at radius 2 is 2.11 bits per heavy atom. The molecule has 0 bridgehead atoms. The van der Waals surface area contributed by atoms with Crippen LogP contribution in [0.2, 0.25) is 0 Å². The summed E-state index contributed by atoms with van der Waals surface area (Å²) in [6, 6.07) is 5.45. The molecule has 2 aliphatic rings. The van der Waals surface area contributed by atoms with Gasteiger partial charge in [0.2, 0.25) is 12.7 Å². The van der Waals surface area contributed by atoms with Gasteiger partial charge in [0.05, 0.1) is 19.1 Å². The normalized spacial score (nSPS) is 15.2. The van der Waals surface area contributed by atoms with Gasteiger partial charge in [0.15, 0.2) is 11.5 Å². The fourth-order valence-corrected chi connectivity index (χ4v) is 4.83. The van der Waals surface area contributed by atoms with Crippen molar-refractivity contribution in [2.45, 2.75) is 26.3 Å². The third-order valence-corrected chi connectivity index (χ3v) is 6.16. The van der Waals surface area contributed by atoms with Crippen LogP contribution in [0.1, 0.15) is 33.3 Å². The number of carbonyl (C=O) groups is 2. The first-order valence-electron chi connectivity index (χ1n) is 9.22. The quantitative estimate of drug-likeness (QED) is 0.775. The first kappa shape index (κ1) is 18.8. The molecule has 2 aliphatic heterocycles. The van der Waals surface area contributed by atoms with Crippen LogP contribution < -0.4 is 14.8 Å². The molecule has 0 saturated carbocycles. The highest BCUT2D eigenvalue weighted by Crippen LogP contribution is 2.38. The van der Waals surface area contributed by atoms with Crippen LogP contribution in [-0.4, -0.2) is 43.8 Å². The molecule has 1 amide bonds. The molecule has 0 aliphatic carbocycles. The van der Waals surface area contributed by atoms with Crippen molar-refractivity contribution in [1.29, 1.82) is 0 Å². The largest absolute Gasteiger partial charge is 0.465 e. The van der Waals surface area contributed by atoms with Crippen molar-refractivity contribution in [1.82, 2.24) is 4.90 Å². The SMILES string of the molecule is CCN1CCc2c(sc(NC(=O)Cc3ccc4c(c3)OCO4)c2C(=O)OC)C1. The number of anilines is 1. The van der Waals surface area contributed by atoms with Crippen LogP contribution in [0.3, 0.4) is 0 Å². The lowest BCUT2D eigenvalue weighted by Gasteiger charge is -2.25. The molecule has 7 nitrogen and oxygen atoms in total. The van der Waals surface area contributed by atoms with Crippen LogP contribution >= 0.6 is 11.3 Å². The van der Waals surface area contributed by atoms with Crippen LogP contribution in [0.4, 0.5) is 5.00 Å². The van der Waals surface area contributed by atoms with Crippen LogP contribution in [0.15, 0.2) is 18.2 Å². The molecule has 0 unspecified atom stereocenters. The molecule has 1 aromatic heterocycles. The number of esters is 1. The molecule has 0 radical (unpaired) electrons. The number of hydrogen-bond donors (Lipinski definition) is 1.